The Morgan fingerprint density at radius 1 is 1.70 bits per heavy atom. The number of rotatable bonds is 2. The minimum absolute atomic E-state index is 0.0392. The van der Waals surface area contributed by atoms with Gasteiger partial charge in [0.25, 0.3) is 5.70 Å². The van der Waals surface area contributed by atoms with E-state index in [4.69, 9.17) is 0 Å². The zero-order valence-corrected chi connectivity index (χ0v) is 7.16. The van der Waals surface area contributed by atoms with Crippen molar-refractivity contribution in [1.29, 1.82) is 0 Å². The van der Waals surface area contributed by atoms with Crippen molar-refractivity contribution >= 4 is 21.3 Å². The van der Waals surface area contributed by atoms with Gasteiger partial charge >= 0.3 is 0 Å². The first kappa shape index (κ1) is 9.38. The minimum atomic E-state index is -0.482. The van der Waals surface area contributed by atoms with Gasteiger partial charge in [0, 0.05) is 28.2 Å². The molecule has 0 radical (unpaired) electrons. The maximum atomic E-state index is 10.1. The summed E-state index contributed by atoms with van der Waals surface area (Å²) in [4.78, 5) is 9.58. The van der Waals surface area contributed by atoms with E-state index < -0.39 is 4.92 Å². The summed E-state index contributed by atoms with van der Waals surface area (Å²) >= 11 is 4.43. The van der Waals surface area contributed by atoms with Crippen LogP contribution in [0.4, 0.5) is 0 Å². The highest BCUT2D eigenvalue weighted by Crippen LogP contribution is 2.03. The number of hydrogen-bond donors (Lipinski definition) is 0. The Morgan fingerprint density at radius 2 is 2.20 bits per heavy atom. The first-order valence-electron chi connectivity index (χ1n) is 2.41. The van der Waals surface area contributed by atoms with Gasteiger partial charge in [-0.25, -0.2) is 0 Å². The van der Waals surface area contributed by atoms with Crippen LogP contribution < -0.4 is 0 Å². The van der Waals surface area contributed by atoms with Crippen molar-refractivity contribution in [1.82, 2.24) is 0 Å². The first-order chi connectivity index (χ1) is 4.59. The molecule has 0 fully saturated rings. The Bertz CT molecular complexity index is 219. The number of hydrogen-bond acceptors (Lipinski definition) is 4. The molecular weight excluding hydrogens is 172 g/mol. The van der Waals surface area contributed by atoms with E-state index in [1.807, 2.05) is 0 Å². The molecule has 6 heteroatoms. The molecule has 0 aromatic rings. The van der Waals surface area contributed by atoms with Crippen molar-refractivity contribution in [2.45, 2.75) is 13.8 Å². The summed E-state index contributed by atoms with van der Waals surface area (Å²) in [5.41, 5.74) is 0.405. The van der Waals surface area contributed by atoms with Gasteiger partial charge in [-0.2, -0.15) is 4.36 Å². The van der Waals surface area contributed by atoms with Crippen LogP contribution in [0.3, 0.4) is 0 Å². The molecule has 0 saturated carbocycles. The third kappa shape index (κ3) is 2.79. The van der Waals surface area contributed by atoms with E-state index in [1.54, 1.807) is 6.92 Å². The topological polar surface area (TPSA) is 55.5 Å². The SMILES string of the molecule is C/C(N=S=S)=C(\C)[N+](=O)[O-]. The van der Waals surface area contributed by atoms with Gasteiger partial charge in [-0.05, 0) is 6.92 Å². The highest BCUT2D eigenvalue weighted by molar-refractivity contribution is 8.12. The molecule has 0 rings (SSSR count). The lowest BCUT2D eigenvalue weighted by molar-refractivity contribution is -0.425. The smallest absolute Gasteiger partial charge is 0.259 e. The van der Waals surface area contributed by atoms with Gasteiger partial charge in [0.2, 0.25) is 0 Å². The molecule has 10 heavy (non-hydrogen) atoms. The van der Waals surface area contributed by atoms with Crippen molar-refractivity contribution in [2.24, 2.45) is 4.36 Å². The molecule has 0 aliphatic carbocycles. The third-order valence-corrected chi connectivity index (χ3v) is 1.54. The van der Waals surface area contributed by atoms with Crippen molar-refractivity contribution < 1.29 is 4.92 Å². The fourth-order valence-electron chi connectivity index (χ4n) is 0.254. The van der Waals surface area contributed by atoms with E-state index in [0.29, 0.717) is 5.70 Å². The number of nitrogens with zero attached hydrogens (tertiary/aromatic N) is 2. The molecule has 0 unspecified atom stereocenters. The Morgan fingerprint density at radius 3 is 2.50 bits per heavy atom. The fraction of sp³-hybridized carbons (Fsp3) is 0.500. The minimum Gasteiger partial charge on any atom is -0.259 e. The van der Waals surface area contributed by atoms with Crippen LogP contribution in [0.5, 0.6) is 0 Å². The van der Waals surface area contributed by atoms with E-state index in [9.17, 15) is 10.1 Å². The van der Waals surface area contributed by atoms with Crippen molar-refractivity contribution in [3.05, 3.63) is 21.5 Å². The summed E-state index contributed by atoms with van der Waals surface area (Å²) in [5, 5.41) is 10.1. The van der Waals surface area contributed by atoms with Gasteiger partial charge in [-0.15, -0.1) is 0 Å². The number of nitro groups is 1. The number of allylic oxidation sites excluding steroid dienone is 2. The molecule has 0 atom stereocenters. The van der Waals surface area contributed by atoms with E-state index in [2.05, 4.69) is 15.6 Å². The summed E-state index contributed by atoms with van der Waals surface area (Å²) in [6, 6.07) is 0. The predicted octanol–water partition coefficient (Wildman–Crippen LogP) is 1.24. The highest BCUT2D eigenvalue weighted by atomic mass is 32.8. The average molecular weight is 178 g/mol. The lowest BCUT2D eigenvalue weighted by Crippen LogP contribution is -1.95. The Hall–Kier alpha value is -0.620. The lowest BCUT2D eigenvalue weighted by Gasteiger charge is -1.89. The summed E-state index contributed by atoms with van der Waals surface area (Å²) in [7, 11) is 0.801. The molecule has 0 N–H and O–H groups in total. The van der Waals surface area contributed by atoms with Crippen LogP contribution in [0.25, 0.3) is 0 Å². The second kappa shape index (κ2) is 4.24. The Kier molecular flexibility index (Phi) is 3.97. The van der Waals surface area contributed by atoms with E-state index in [0.717, 1.165) is 10.1 Å². The predicted molar refractivity (Wildman–Crippen MR) is 42.5 cm³/mol. The second-order valence-corrected chi connectivity index (χ2v) is 2.37. The largest absolute Gasteiger partial charge is 0.265 e. The molecule has 0 aliphatic rings. The maximum absolute atomic E-state index is 10.1. The molecule has 0 amide bonds. The van der Waals surface area contributed by atoms with Gasteiger partial charge in [0.15, 0.2) is 0 Å². The zero-order chi connectivity index (χ0) is 8.15. The summed E-state index contributed by atoms with van der Waals surface area (Å²) in [6.45, 7) is 2.95. The van der Waals surface area contributed by atoms with Crippen LogP contribution >= 0.6 is 0 Å². The van der Waals surface area contributed by atoms with Gasteiger partial charge in [-0.3, -0.25) is 10.1 Å². The van der Waals surface area contributed by atoms with Gasteiger partial charge in [0.05, 0.1) is 4.92 Å². The third-order valence-electron chi connectivity index (χ3n) is 0.972. The van der Waals surface area contributed by atoms with Crippen molar-refractivity contribution in [3.63, 3.8) is 0 Å². The summed E-state index contributed by atoms with van der Waals surface area (Å²) < 4.78 is 3.62. The van der Waals surface area contributed by atoms with Crippen LogP contribution in [0.1, 0.15) is 13.8 Å². The van der Waals surface area contributed by atoms with Crippen LogP contribution in [0, 0.1) is 10.1 Å². The standard InChI is InChI=1S/C4H6N2O2S2/c1-3(5-10-9)4(2)6(7)8/h1-2H3/b4-3-. The molecule has 0 aromatic heterocycles. The first-order valence-corrected chi connectivity index (χ1v) is 4.11. The van der Waals surface area contributed by atoms with Crippen LogP contribution in [0.15, 0.2) is 15.8 Å². The van der Waals surface area contributed by atoms with Crippen LogP contribution in [0.2, 0.25) is 0 Å². The quantitative estimate of drug-likeness (QED) is 0.472. The molecule has 0 bridgehead atoms. The Labute approximate surface area is 66.5 Å². The molecular formula is C4H6N2O2S2. The molecule has 0 spiro atoms. The van der Waals surface area contributed by atoms with Crippen LogP contribution in [-0.2, 0) is 21.3 Å². The highest BCUT2D eigenvalue weighted by Gasteiger charge is 2.05. The van der Waals surface area contributed by atoms with Crippen molar-refractivity contribution in [3.8, 4) is 0 Å². The molecule has 4 nitrogen and oxygen atoms in total. The summed E-state index contributed by atoms with van der Waals surface area (Å²) in [6.07, 6.45) is 0. The second-order valence-electron chi connectivity index (χ2n) is 1.59. The van der Waals surface area contributed by atoms with Gasteiger partial charge in [-0.1, -0.05) is 0 Å². The fourth-order valence-corrected chi connectivity index (χ4v) is 0.833. The average Bonchev–Trinajstić information content (AvgIpc) is 1.87. The normalized spacial score (nSPS) is 11.8. The molecule has 0 aliphatic heterocycles. The summed E-state index contributed by atoms with van der Waals surface area (Å²) in [5.74, 6) is 0. The zero-order valence-electron chi connectivity index (χ0n) is 5.53. The van der Waals surface area contributed by atoms with E-state index >= 15 is 0 Å². The van der Waals surface area contributed by atoms with Gasteiger partial charge in [0.1, 0.15) is 5.70 Å². The maximum Gasteiger partial charge on any atom is 0.265 e. The Balaban J connectivity index is 4.66. The molecule has 0 aromatic carbocycles. The molecule has 0 heterocycles. The lowest BCUT2D eigenvalue weighted by atomic mass is 10.4. The molecule has 56 valence electrons. The van der Waals surface area contributed by atoms with E-state index in [1.165, 1.54) is 6.92 Å². The molecule has 0 saturated heterocycles. The monoisotopic (exact) mass is 178 g/mol. The van der Waals surface area contributed by atoms with Gasteiger partial charge < -0.3 is 0 Å². The van der Waals surface area contributed by atoms with E-state index in [-0.39, 0.29) is 5.70 Å². The van der Waals surface area contributed by atoms with Crippen molar-refractivity contribution in [2.75, 3.05) is 0 Å². The van der Waals surface area contributed by atoms with Crippen LogP contribution in [-0.4, -0.2) is 4.92 Å².